The largest absolute Gasteiger partial charge is 0.545 e. The van der Waals surface area contributed by atoms with Crippen LogP contribution >= 0.6 is 11.6 Å². The Kier molecular flexibility index (Phi) is 6.15. The number of imidazole rings is 1. The summed E-state index contributed by atoms with van der Waals surface area (Å²) in [4.78, 5) is 32.2. The predicted octanol–water partition coefficient (Wildman–Crippen LogP) is 2.81. The third-order valence-electron chi connectivity index (χ3n) is 6.34. The van der Waals surface area contributed by atoms with Crippen LogP contribution in [0, 0.1) is 0 Å². The number of aromatic nitrogens is 7. The van der Waals surface area contributed by atoms with E-state index in [2.05, 4.69) is 25.5 Å². The van der Waals surface area contributed by atoms with E-state index in [9.17, 15) is 14.7 Å². The van der Waals surface area contributed by atoms with E-state index in [1.807, 2.05) is 12.1 Å². The number of rotatable bonds is 5. The van der Waals surface area contributed by atoms with E-state index in [4.69, 9.17) is 11.6 Å². The molecule has 0 aliphatic carbocycles. The van der Waals surface area contributed by atoms with Crippen molar-refractivity contribution in [2.75, 3.05) is 0 Å². The summed E-state index contributed by atoms with van der Waals surface area (Å²) in [5.74, 6) is -0.560. The van der Waals surface area contributed by atoms with E-state index >= 15 is 0 Å². The van der Waals surface area contributed by atoms with Gasteiger partial charge in [0, 0.05) is 22.3 Å². The fourth-order valence-corrected chi connectivity index (χ4v) is 4.83. The summed E-state index contributed by atoms with van der Waals surface area (Å²) in [6.45, 7) is 0. The molecule has 37 heavy (non-hydrogen) atoms. The lowest BCUT2D eigenvalue weighted by molar-refractivity contribution is -0.255. The average molecular weight is 517 g/mol. The predicted molar refractivity (Wildman–Crippen MR) is 135 cm³/mol. The van der Waals surface area contributed by atoms with Crippen LogP contribution in [0.25, 0.3) is 28.1 Å². The second-order valence-corrected chi connectivity index (χ2v) is 8.90. The summed E-state index contributed by atoms with van der Waals surface area (Å²) in [5.41, 5.74) is 4.56. The molecule has 0 radical (unpaired) electrons. The number of halogens is 1. The Morgan fingerprint density at radius 2 is 1.89 bits per heavy atom. The van der Waals surface area contributed by atoms with Crippen LogP contribution in [0.1, 0.15) is 34.3 Å². The number of H-pyrrole nitrogens is 1. The number of nitrogens with zero attached hydrogens (tertiary/aromatic N) is 6. The standard InChI is InChI=1S/C25H18ClN7O3.H3N/c26-17-5-7-21(32-13-28-30-31-32)19(11-17)16-9-18-6-8-22(33(18)23(34)10-16)24-27-12-20(29-24)14-1-3-15(4-2-14)25(35)36;/h1-5,7,9-13,22H,6,8H2,(H,27,29)(H,35,36);1H3. The molecule has 0 saturated carbocycles. The summed E-state index contributed by atoms with van der Waals surface area (Å²) in [5, 5.41) is 22.9. The van der Waals surface area contributed by atoms with Crippen LogP contribution in [0.4, 0.5) is 0 Å². The van der Waals surface area contributed by atoms with Crippen molar-refractivity contribution in [3.8, 4) is 28.1 Å². The van der Waals surface area contributed by atoms with Crippen LogP contribution in [0.15, 0.2) is 71.9 Å². The van der Waals surface area contributed by atoms with Crippen molar-refractivity contribution in [2.24, 2.45) is 0 Å². The van der Waals surface area contributed by atoms with Crippen LogP contribution in [-0.4, -0.2) is 40.7 Å². The quantitative estimate of drug-likeness (QED) is 0.361. The zero-order chi connectivity index (χ0) is 24.8. The zero-order valence-corrected chi connectivity index (χ0v) is 20.4. The number of aromatic carboxylic acids is 1. The Hall–Kier alpha value is -4.61. The molecule has 6 rings (SSSR count). The van der Waals surface area contributed by atoms with Crippen molar-refractivity contribution in [3.63, 3.8) is 0 Å². The van der Waals surface area contributed by atoms with Gasteiger partial charge in [0.2, 0.25) is 0 Å². The Morgan fingerprint density at radius 1 is 1.08 bits per heavy atom. The smallest absolute Gasteiger partial charge is 0.252 e. The van der Waals surface area contributed by atoms with E-state index in [1.54, 1.807) is 41.1 Å². The number of nitrogens with one attached hydrogen (secondary N) is 1. The van der Waals surface area contributed by atoms with E-state index in [1.165, 1.54) is 23.1 Å². The minimum atomic E-state index is -1.23. The monoisotopic (exact) mass is 516 g/mol. The molecular formula is C25H21ClN8O3. The highest BCUT2D eigenvalue weighted by molar-refractivity contribution is 6.31. The van der Waals surface area contributed by atoms with Crippen LogP contribution in [0.5, 0.6) is 0 Å². The maximum absolute atomic E-state index is 13.3. The third-order valence-corrected chi connectivity index (χ3v) is 6.58. The number of aromatic amines is 1. The first-order chi connectivity index (χ1) is 17.5. The molecule has 1 aliphatic heterocycles. The first-order valence-electron chi connectivity index (χ1n) is 11.1. The molecule has 1 unspecified atom stereocenters. The fourth-order valence-electron chi connectivity index (χ4n) is 4.66. The molecular weight excluding hydrogens is 496 g/mol. The van der Waals surface area contributed by atoms with Gasteiger partial charge in [0.25, 0.3) is 5.56 Å². The van der Waals surface area contributed by atoms with Crippen molar-refractivity contribution in [2.45, 2.75) is 18.9 Å². The molecule has 1 atom stereocenters. The number of benzene rings is 2. The number of carbonyl (C=O) groups excluding carboxylic acids is 1. The number of fused-ring (bicyclic) bond motifs is 1. The summed E-state index contributed by atoms with van der Waals surface area (Å²) >= 11 is 6.28. The van der Waals surface area contributed by atoms with Crippen molar-refractivity contribution in [1.29, 1.82) is 0 Å². The van der Waals surface area contributed by atoms with Gasteiger partial charge in [-0.1, -0.05) is 35.9 Å². The number of tetrazole rings is 1. The SMILES string of the molecule is O=C([O-])c1ccc(-c2cnc(C3CCc4cc(-c5cc(Cl)ccc5-n5cnnn5)cc(=O)n43)[nH]2)cc1.[NH4+]. The van der Waals surface area contributed by atoms with E-state index < -0.39 is 5.97 Å². The molecule has 0 fully saturated rings. The summed E-state index contributed by atoms with van der Waals surface area (Å²) in [7, 11) is 0. The minimum Gasteiger partial charge on any atom is -0.545 e. The van der Waals surface area contributed by atoms with Crippen molar-refractivity contribution in [3.05, 3.63) is 99.6 Å². The average Bonchev–Trinajstić information content (AvgIpc) is 3.64. The molecule has 1 aliphatic rings. The minimum absolute atomic E-state index is 0. The number of hydrogen-bond acceptors (Lipinski definition) is 7. The number of quaternary nitrogens is 1. The Bertz CT molecular complexity index is 1660. The van der Waals surface area contributed by atoms with E-state index in [0.29, 0.717) is 29.4 Å². The van der Waals surface area contributed by atoms with Crippen molar-refractivity contribution >= 4 is 17.6 Å². The number of hydrogen-bond donors (Lipinski definition) is 2. The number of aryl methyl sites for hydroxylation is 1. The van der Waals surface area contributed by atoms with Gasteiger partial charge in [-0.2, -0.15) is 4.68 Å². The molecule has 2 aromatic carbocycles. The van der Waals surface area contributed by atoms with Gasteiger partial charge in [-0.3, -0.25) is 4.79 Å². The second-order valence-electron chi connectivity index (χ2n) is 8.46. The zero-order valence-electron chi connectivity index (χ0n) is 19.6. The highest BCUT2D eigenvalue weighted by atomic mass is 35.5. The highest BCUT2D eigenvalue weighted by Gasteiger charge is 2.28. The molecule has 186 valence electrons. The summed E-state index contributed by atoms with van der Waals surface area (Å²) in [6.07, 6.45) is 4.59. The second kappa shape index (κ2) is 9.45. The van der Waals surface area contributed by atoms with Gasteiger partial charge in [-0.05, 0) is 64.2 Å². The number of pyridine rings is 1. The van der Waals surface area contributed by atoms with E-state index in [-0.39, 0.29) is 23.3 Å². The molecule has 12 heteroatoms. The molecule has 0 saturated heterocycles. The van der Waals surface area contributed by atoms with Gasteiger partial charge in [0.15, 0.2) is 0 Å². The third kappa shape index (κ3) is 4.30. The molecule has 5 N–H and O–H groups in total. The summed E-state index contributed by atoms with van der Waals surface area (Å²) < 4.78 is 3.29. The molecule has 4 heterocycles. The van der Waals surface area contributed by atoms with Gasteiger partial charge >= 0.3 is 0 Å². The lowest BCUT2D eigenvalue weighted by Gasteiger charge is -2.15. The normalized spacial score (nSPS) is 14.2. The first kappa shape index (κ1) is 24.1. The maximum atomic E-state index is 13.3. The Morgan fingerprint density at radius 3 is 2.62 bits per heavy atom. The number of carboxylic acid groups (broad SMARTS) is 1. The first-order valence-corrected chi connectivity index (χ1v) is 11.5. The van der Waals surface area contributed by atoms with Crippen LogP contribution < -0.4 is 16.8 Å². The summed E-state index contributed by atoms with van der Waals surface area (Å²) in [6, 6.07) is 15.0. The fraction of sp³-hybridized carbons (Fsp3) is 0.120. The lowest BCUT2D eigenvalue weighted by Crippen LogP contribution is -2.23. The van der Waals surface area contributed by atoms with Gasteiger partial charge in [0.05, 0.1) is 29.6 Å². The topological polar surface area (TPSA) is 171 Å². The van der Waals surface area contributed by atoms with Crippen LogP contribution in [-0.2, 0) is 6.42 Å². The molecule has 0 spiro atoms. The number of carboxylic acids is 1. The van der Waals surface area contributed by atoms with Gasteiger partial charge in [-0.25, -0.2) is 4.98 Å². The molecule has 5 aromatic rings. The Labute approximate surface area is 215 Å². The molecule has 0 amide bonds. The van der Waals surface area contributed by atoms with Gasteiger partial charge in [0.1, 0.15) is 12.2 Å². The van der Waals surface area contributed by atoms with Gasteiger partial charge < -0.3 is 25.6 Å². The highest BCUT2D eigenvalue weighted by Crippen LogP contribution is 2.34. The van der Waals surface area contributed by atoms with Crippen LogP contribution in [0.3, 0.4) is 0 Å². The maximum Gasteiger partial charge on any atom is 0.252 e. The van der Waals surface area contributed by atoms with Crippen LogP contribution in [0.2, 0.25) is 5.02 Å². The Balaban J connectivity index is 0.00000280. The molecule has 11 nitrogen and oxygen atoms in total. The van der Waals surface area contributed by atoms with E-state index in [0.717, 1.165) is 28.1 Å². The molecule has 3 aromatic heterocycles. The molecule has 0 bridgehead atoms. The number of carbonyl (C=O) groups is 1. The van der Waals surface area contributed by atoms with Gasteiger partial charge in [-0.15, -0.1) is 5.10 Å². The van der Waals surface area contributed by atoms with Crippen molar-refractivity contribution < 1.29 is 9.90 Å². The van der Waals surface area contributed by atoms with Crippen molar-refractivity contribution in [1.82, 2.24) is 40.9 Å². The lowest BCUT2D eigenvalue weighted by atomic mass is 10.0.